The van der Waals surface area contributed by atoms with Gasteiger partial charge in [0.15, 0.2) is 5.82 Å². The number of rotatable bonds is 1. The predicted octanol–water partition coefficient (Wildman–Crippen LogP) is 0.687. The van der Waals surface area contributed by atoms with Gasteiger partial charge < -0.3 is 9.68 Å². The van der Waals surface area contributed by atoms with Crippen molar-refractivity contribution in [3.05, 3.63) is 33.6 Å². The normalized spacial score (nSPS) is 17.4. The van der Waals surface area contributed by atoms with Gasteiger partial charge in [0, 0.05) is 6.07 Å². The molecule has 1 aliphatic heterocycles. The number of halogens is 1. The Labute approximate surface area is 91.1 Å². The lowest BCUT2D eigenvalue weighted by atomic mass is 9.78. The van der Waals surface area contributed by atoms with Crippen molar-refractivity contribution < 1.29 is 19.0 Å². The minimum absolute atomic E-state index is 0.244. The van der Waals surface area contributed by atoms with E-state index in [4.69, 9.17) is 4.65 Å². The Morgan fingerprint density at radius 1 is 1.56 bits per heavy atom. The summed E-state index contributed by atoms with van der Waals surface area (Å²) in [6.07, 6.45) is 0. The molecule has 0 aromatic heterocycles. The molecule has 7 heteroatoms. The van der Waals surface area contributed by atoms with Crippen LogP contribution in [0, 0.1) is 15.9 Å². The summed E-state index contributed by atoms with van der Waals surface area (Å²) in [5, 5.41) is 20.1. The van der Waals surface area contributed by atoms with Gasteiger partial charge in [-0.3, -0.25) is 10.1 Å². The van der Waals surface area contributed by atoms with Gasteiger partial charge in [-0.1, -0.05) is 0 Å². The van der Waals surface area contributed by atoms with Gasteiger partial charge in [0.2, 0.25) is 0 Å². The third-order valence-corrected chi connectivity index (χ3v) is 2.64. The first-order valence-corrected chi connectivity index (χ1v) is 4.67. The quantitative estimate of drug-likeness (QED) is 0.433. The third kappa shape index (κ3) is 1.48. The van der Waals surface area contributed by atoms with Crippen LogP contribution in [0.25, 0.3) is 0 Å². The van der Waals surface area contributed by atoms with Gasteiger partial charge in [-0.15, -0.1) is 0 Å². The molecular formula is C9H9BFNO4. The van der Waals surface area contributed by atoms with Crippen LogP contribution in [0.1, 0.15) is 19.4 Å². The van der Waals surface area contributed by atoms with Crippen LogP contribution >= 0.6 is 0 Å². The smallest absolute Gasteiger partial charge is 0.423 e. The van der Waals surface area contributed by atoms with Crippen molar-refractivity contribution in [1.29, 1.82) is 0 Å². The Morgan fingerprint density at radius 2 is 2.19 bits per heavy atom. The number of fused-ring (bicyclic) bond motifs is 1. The van der Waals surface area contributed by atoms with Crippen molar-refractivity contribution in [3.63, 3.8) is 0 Å². The van der Waals surface area contributed by atoms with E-state index in [1.165, 1.54) is 0 Å². The number of nitro benzene ring substituents is 1. The Bertz CT molecular complexity index is 477. The number of nitro groups is 1. The fourth-order valence-corrected chi connectivity index (χ4v) is 1.85. The molecule has 1 aliphatic rings. The van der Waals surface area contributed by atoms with Gasteiger partial charge in [-0.05, 0) is 30.9 Å². The van der Waals surface area contributed by atoms with Gasteiger partial charge in [0.25, 0.3) is 0 Å². The summed E-state index contributed by atoms with van der Waals surface area (Å²) >= 11 is 0. The number of nitrogens with zero attached hydrogens (tertiary/aromatic N) is 1. The Balaban J connectivity index is 2.66. The summed E-state index contributed by atoms with van der Waals surface area (Å²) in [6.45, 7) is 3.31. The van der Waals surface area contributed by atoms with E-state index in [-0.39, 0.29) is 5.46 Å². The molecule has 1 aromatic rings. The molecule has 0 saturated heterocycles. The molecule has 0 saturated carbocycles. The lowest BCUT2D eigenvalue weighted by Crippen LogP contribution is -2.29. The number of hydrogen-bond donors (Lipinski definition) is 1. The van der Waals surface area contributed by atoms with Crippen molar-refractivity contribution in [3.8, 4) is 0 Å². The van der Waals surface area contributed by atoms with E-state index in [1.807, 2.05) is 0 Å². The molecule has 0 amide bonds. The molecule has 0 atom stereocenters. The summed E-state index contributed by atoms with van der Waals surface area (Å²) in [7, 11) is -1.24. The predicted molar refractivity (Wildman–Crippen MR) is 54.8 cm³/mol. The van der Waals surface area contributed by atoms with Crippen LogP contribution in [-0.4, -0.2) is 17.1 Å². The first-order chi connectivity index (χ1) is 7.33. The van der Waals surface area contributed by atoms with Crippen LogP contribution in [0.3, 0.4) is 0 Å². The minimum Gasteiger partial charge on any atom is -0.423 e. The largest absolute Gasteiger partial charge is 0.492 e. The molecule has 1 aromatic carbocycles. The standard InChI is InChI=1S/C9H9BFNO4/c1-9(2)5-3-8(12(14)15)7(11)4-6(5)10(13)16-9/h3-4,13H,1-2H3. The summed E-state index contributed by atoms with van der Waals surface area (Å²) in [5.74, 6) is -0.968. The van der Waals surface area contributed by atoms with Gasteiger partial charge in [0.1, 0.15) is 0 Å². The summed E-state index contributed by atoms with van der Waals surface area (Å²) in [6, 6.07) is 2.06. The van der Waals surface area contributed by atoms with Gasteiger partial charge in [-0.2, -0.15) is 4.39 Å². The second kappa shape index (κ2) is 3.26. The van der Waals surface area contributed by atoms with Crippen molar-refractivity contribution >= 4 is 18.3 Å². The first kappa shape index (κ1) is 11.0. The Kier molecular flexibility index (Phi) is 2.25. The van der Waals surface area contributed by atoms with Crippen LogP contribution in [0.2, 0.25) is 0 Å². The zero-order valence-electron chi connectivity index (χ0n) is 8.73. The molecule has 0 aliphatic carbocycles. The highest BCUT2D eigenvalue weighted by Gasteiger charge is 2.42. The first-order valence-electron chi connectivity index (χ1n) is 4.67. The van der Waals surface area contributed by atoms with Crippen LogP contribution < -0.4 is 5.46 Å². The fraction of sp³-hybridized carbons (Fsp3) is 0.333. The Hall–Kier alpha value is -1.47. The fourth-order valence-electron chi connectivity index (χ4n) is 1.85. The highest BCUT2D eigenvalue weighted by Crippen LogP contribution is 2.32. The average molecular weight is 225 g/mol. The van der Waals surface area contributed by atoms with E-state index in [0.29, 0.717) is 5.56 Å². The SMILES string of the molecule is CC1(C)OB(O)c2cc(F)c([N+](=O)[O-])cc21. The molecule has 1 N–H and O–H groups in total. The molecular weight excluding hydrogens is 216 g/mol. The van der Waals surface area contributed by atoms with E-state index in [2.05, 4.69) is 0 Å². The van der Waals surface area contributed by atoms with Crippen molar-refractivity contribution in [2.45, 2.75) is 19.4 Å². The Morgan fingerprint density at radius 3 is 2.75 bits per heavy atom. The van der Waals surface area contributed by atoms with Crippen LogP contribution in [0.4, 0.5) is 10.1 Å². The molecule has 0 radical (unpaired) electrons. The summed E-state index contributed by atoms with van der Waals surface area (Å²) in [4.78, 5) is 9.78. The summed E-state index contributed by atoms with van der Waals surface area (Å²) < 4.78 is 18.5. The van der Waals surface area contributed by atoms with Crippen molar-refractivity contribution in [2.75, 3.05) is 0 Å². The maximum atomic E-state index is 13.3. The molecule has 0 spiro atoms. The lowest BCUT2D eigenvalue weighted by Gasteiger charge is -2.19. The summed E-state index contributed by atoms with van der Waals surface area (Å²) in [5.41, 5.74) is -0.779. The topological polar surface area (TPSA) is 72.6 Å². The number of benzene rings is 1. The van der Waals surface area contributed by atoms with E-state index >= 15 is 0 Å². The second-order valence-electron chi connectivity index (χ2n) is 4.13. The molecule has 2 rings (SSSR count). The zero-order valence-corrected chi connectivity index (χ0v) is 8.73. The molecule has 1 heterocycles. The molecule has 16 heavy (non-hydrogen) atoms. The zero-order chi connectivity index (χ0) is 12.1. The van der Waals surface area contributed by atoms with Gasteiger partial charge in [0.05, 0.1) is 10.5 Å². The van der Waals surface area contributed by atoms with Crippen LogP contribution in [0.5, 0.6) is 0 Å². The van der Waals surface area contributed by atoms with Crippen molar-refractivity contribution in [1.82, 2.24) is 0 Å². The van der Waals surface area contributed by atoms with E-state index < -0.39 is 29.1 Å². The van der Waals surface area contributed by atoms with Crippen LogP contribution in [0.15, 0.2) is 12.1 Å². The van der Waals surface area contributed by atoms with E-state index in [9.17, 15) is 19.5 Å². The second-order valence-corrected chi connectivity index (χ2v) is 4.13. The molecule has 0 fully saturated rings. The maximum Gasteiger partial charge on any atom is 0.492 e. The minimum atomic E-state index is -1.24. The number of hydrogen-bond acceptors (Lipinski definition) is 4. The van der Waals surface area contributed by atoms with E-state index in [1.54, 1.807) is 13.8 Å². The molecule has 0 bridgehead atoms. The monoisotopic (exact) mass is 225 g/mol. The van der Waals surface area contributed by atoms with E-state index in [0.717, 1.165) is 12.1 Å². The average Bonchev–Trinajstić information content (AvgIpc) is 2.35. The molecule has 5 nitrogen and oxygen atoms in total. The molecule has 0 unspecified atom stereocenters. The lowest BCUT2D eigenvalue weighted by molar-refractivity contribution is -0.387. The van der Waals surface area contributed by atoms with Gasteiger partial charge >= 0.3 is 12.8 Å². The highest BCUT2D eigenvalue weighted by atomic mass is 19.1. The highest BCUT2D eigenvalue weighted by molar-refractivity contribution is 6.62. The third-order valence-electron chi connectivity index (χ3n) is 2.64. The van der Waals surface area contributed by atoms with Crippen molar-refractivity contribution in [2.24, 2.45) is 0 Å². The van der Waals surface area contributed by atoms with Crippen LogP contribution in [-0.2, 0) is 10.3 Å². The van der Waals surface area contributed by atoms with Gasteiger partial charge in [-0.25, -0.2) is 0 Å². The molecule has 84 valence electrons. The maximum absolute atomic E-state index is 13.3.